The van der Waals surface area contributed by atoms with Crippen LogP contribution in [0.4, 0.5) is 0 Å². The van der Waals surface area contributed by atoms with Gasteiger partial charge in [-0.25, -0.2) is 4.79 Å². The highest BCUT2D eigenvalue weighted by Gasteiger charge is 2.34. The Kier molecular flexibility index (Phi) is 2.77. The van der Waals surface area contributed by atoms with Gasteiger partial charge in [0.25, 0.3) is 0 Å². The van der Waals surface area contributed by atoms with E-state index in [9.17, 15) is 4.79 Å². The Bertz CT molecular complexity index is 134. The van der Waals surface area contributed by atoms with Gasteiger partial charge in [-0.1, -0.05) is 0 Å². The number of aliphatic carboxylic acids is 1. The van der Waals surface area contributed by atoms with Gasteiger partial charge >= 0.3 is 5.97 Å². The first kappa shape index (κ1) is 9.35. The molecule has 0 radical (unpaired) electrons. The van der Waals surface area contributed by atoms with E-state index in [2.05, 4.69) is 0 Å². The van der Waals surface area contributed by atoms with Gasteiger partial charge in [-0.2, -0.15) is 0 Å². The van der Waals surface area contributed by atoms with Gasteiger partial charge in [0.15, 0.2) is 6.10 Å². The number of aliphatic hydroxyl groups excluding tert-OH is 1. The van der Waals surface area contributed by atoms with E-state index in [0.29, 0.717) is 0 Å². The second-order valence-corrected chi connectivity index (χ2v) is 2.30. The zero-order valence-corrected chi connectivity index (χ0v) is 5.61. The largest absolute Gasteiger partial charge is 0.479 e. The van der Waals surface area contributed by atoms with Crippen LogP contribution < -0.4 is 5.73 Å². The summed E-state index contributed by atoms with van der Waals surface area (Å²) in [5.74, 6) is -1.48. The van der Waals surface area contributed by atoms with Gasteiger partial charge in [0.1, 0.15) is 5.60 Å². The molecule has 60 valence electrons. The molecule has 0 bridgehead atoms. The molecule has 5 N–H and O–H groups in total. The topological polar surface area (TPSA) is 104 Å². The van der Waals surface area contributed by atoms with Gasteiger partial charge in [-0.3, -0.25) is 0 Å². The fourth-order valence-electron chi connectivity index (χ4n) is 0.378. The van der Waals surface area contributed by atoms with E-state index in [0.717, 1.165) is 6.92 Å². The molecule has 5 heteroatoms. The van der Waals surface area contributed by atoms with Crippen LogP contribution >= 0.6 is 0 Å². The first-order valence-corrected chi connectivity index (χ1v) is 2.75. The molecular weight excluding hydrogens is 138 g/mol. The van der Waals surface area contributed by atoms with Crippen LogP contribution in [0.2, 0.25) is 0 Å². The molecule has 0 aromatic carbocycles. The maximum absolute atomic E-state index is 10.0. The number of nitrogens with two attached hydrogens (primary N) is 1. The first-order chi connectivity index (χ1) is 4.41. The fourth-order valence-corrected chi connectivity index (χ4v) is 0.378. The second kappa shape index (κ2) is 2.96. The van der Waals surface area contributed by atoms with Crippen LogP contribution in [0.5, 0.6) is 0 Å². The van der Waals surface area contributed by atoms with Crippen molar-refractivity contribution in [2.75, 3.05) is 6.54 Å². The van der Waals surface area contributed by atoms with E-state index in [1.165, 1.54) is 0 Å². The number of rotatable bonds is 3. The smallest absolute Gasteiger partial charge is 0.335 e. The molecule has 0 heterocycles. The van der Waals surface area contributed by atoms with Gasteiger partial charge < -0.3 is 21.1 Å². The van der Waals surface area contributed by atoms with Crippen molar-refractivity contribution in [3.63, 3.8) is 0 Å². The lowest BCUT2D eigenvalue weighted by Gasteiger charge is -2.23. The molecule has 0 aromatic heterocycles. The minimum absolute atomic E-state index is 0.291. The minimum atomic E-state index is -1.82. The Morgan fingerprint density at radius 2 is 2.20 bits per heavy atom. The van der Waals surface area contributed by atoms with E-state index < -0.39 is 17.7 Å². The molecule has 5 nitrogen and oxygen atoms in total. The summed E-state index contributed by atoms with van der Waals surface area (Å²) in [5.41, 5.74) is 3.23. The van der Waals surface area contributed by atoms with E-state index in [1.807, 2.05) is 0 Å². The molecule has 0 aromatic rings. The number of hydrogen-bond acceptors (Lipinski definition) is 4. The molecule has 0 saturated carbocycles. The number of carboxylic acid groups (broad SMARTS) is 1. The molecule has 0 rings (SSSR count). The molecule has 0 amide bonds. The standard InChI is InChI=1S/C5H11NO4/c1-5(10,2-6)3(7)4(8)9/h3,7,10H,2,6H2,1H3,(H,8,9)/t3-,5-/m0/s1. The van der Waals surface area contributed by atoms with Crippen molar-refractivity contribution >= 4 is 5.97 Å². The highest BCUT2D eigenvalue weighted by molar-refractivity contribution is 5.73. The lowest BCUT2D eigenvalue weighted by molar-refractivity contribution is -0.160. The normalized spacial score (nSPS) is 19.6. The number of hydrogen-bond donors (Lipinski definition) is 4. The number of carboxylic acids is 1. The molecule has 0 aliphatic rings. The summed E-state index contributed by atoms with van der Waals surface area (Å²) in [6, 6.07) is 0. The summed E-state index contributed by atoms with van der Waals surface area (Å²) >= 11 is 0. The van der Waals surface area contributed by atoms with Crippen molar-refractivity contribution in [2.24, 2.45) is 5.73 Å². The Hall–Kier alpha value is -0.650. The molecule has 2 atom stereocenters. The van der Waals surface area contributed by atoms with Crippen LogP contribution in [0.15, 0.2) is 0 Å². The predicted molar refractivity (Wildman–Crippen MR) is 33.3 cm³/mol. The van der Waals surface area contributed by atoms with Crippen LogP contribution in [-0.2, 0) is 4.79 Å². The van der Waals surface area contributed by atoms with Crippen molar-refractivity contribution in [1.82, 2.24) is 0 Å². The summed E-state index contributed by atoms with van der Waals surface area (Å²) in [4.78, 5) is 10.0. The Morgan fingerprint density at radius 1 is 1.80 bits per heavy atom. The van der Waals surface area contributed by atoms with Crippen molar-refractivity contribution in [1.29, 1.82) is 0 Å². The van der Waals surface area contributed by atoms with Gasteiger partial charge in [0.2, 0.25) is 0 Å². The molecule has 0 spiro atoms. The lowest BCUT2D eigenvalue weighted by Crippen LogP contribution is -2.49. The summed E-state index contributed by atoms with van der Waals surface area (Å²) < 4.78 is 0. The van der Waals surface area contributed by atoms with Crippen LogP contribution in [0, 0.1) is 0 Å². The van der Waals surface area contributed by atoms with Crippen LogP contribution in [0.1, 0.15) is 6.92 Å². The van der Waals surface area contributed by atoms with Crippen molar-refractivity contribution < 1.29 is 20.1 Å². The molecule has 10 heavy (non-hydrogen) atoms. The SMILES string of the molecule is C[C@](O)(CN)[C@@H](O)C(=O)O. The van der Waals surface area contributed by atoms with Gasteiger partial charge in [0, 0.05) is 6.54 Å². The Labute approximate surface area is 58.1 Å². The third-order valence-electron chi connectivity index (χ3n) is 1.24. The van der Waals surface area contributed by atoms with Gasteiger partial charge in [-0.15, -0.1) is 0 Å². The maximum Gasteiger partial charge on any atom is 0.335 e. The second-order valence-electron chi connectivity index (χ2n) is 2.30. The quantitative estimate of drug-likeness (QED) is 0.377. The Balaban J connectivity index is 4.17. The molecule has 0 aliphatic heterocycles. The molecule has 0 fully saturated rings. The summed E-state index contributed by atoms with van der Waals surface area (Å²) in [7, 11) is 0. The van der Waals surface area contributed by atoms with Crippen molar-refractivity contribution in [2.45, 2.75) is 18.6 Å². The zero-order chi connectivity index (χ0) is 8.36. The maximum atomic E-state index is 10.0. The minimum Gasteiger partial charge on any atom is -0.479 e. The summed E-state index contributed by atoms with van der Waals surface area (Å²) in [6.07, 6.45) is -1.82. The third kappa shape index (κ3) is 1.94. The van der Waals surface area contributed by atoms with E-state index >= 15 is 0 Å². The van der Waals surface area contributed by atoms with Crippen LogP contribution in [0.3, 0.4) is 0 Å². The average Bonchev–Trinajstić information content (AvgIpc) is 1.86. The van der Waals surface area contributed by atoms with Crippen LogP contribution in [0.25, 0.3) is 0 Å². The van der Waals surface area contributed by atoms with Gasteiger partial charge in [0.05, 0.1) is 0 Å². The molecule has 0 saturated heterocycles. The number of carbonyl (C=O) groups is 1. The molecule has 0 unspecified atom stereocenters. The van der Waals surface area contributed by atoms with E-state index in [-0.39, 0.29) is 6.54 Å². The number of aliphatic hydroxyl groups is 2. The Morgan fingerprint density at radius 3 is 2.30 bits per heavy atom. The molecule has 0 aliphatic carbocycles. The third-order valence-corrected chi connectivity index (χ3v) is 1.24. The molecular formula is C5H11NO4. The summed E-state index contributed by atoms with van der Waals surface area (Å²) in [6.45, 7) is 0.867. The lowest BCUT2D eigenvalue weighted by atomic mass is 10.00. The van der Waals surface area contributed by atoms with E-state index in [4.69, 9.17) is 21.1 Å². The van der Waals surface area contributed by atoms with Crippen molar-refractivity contribution in [3.05, 3.63) is 0 Å². The average molecular weight is 149 g/mol. The van der Waals surface area contributed by atoms with Gasteiger partial charge in [-0.05, 0) is 6.92 Å². The zero-order valence-electron chi connectivity index (χ0n) is 5.61. The summed E-state index contributed by atoms with van der Waals surface area (Å²) in [5, 5.41) is 25.9. The first-order valence-electron chi connectivity index (χ1n) is 2.75. The fraction of sp³-hybridized carbons (Fsp3) is 0.800. The van der Waals surface area contributed by atoms with Crippen LogP contribution in [-0.4, -0.2) is 39.5 Å². The van der Waals surface area contributed by atoms with E-state index in [1.54, 1.807) is 0 Å². The monoisotopic (exact) mass is 149 g/mol. The predicted octanol–water partition coefficient (Wildman–Crippen LogP) is -1.86. The highest BCUT2D eigenvalue weighted by Crippen LogP contribution is 2.06. The van der Waals surface area contributed by atoms with Crippen molar-refractivity contribution in [3.8, 4) is 0 Å². The highest BCUT2D eigenvalue weighted by atomic mass is 16.4.